The molecular weight excluding hydrogens is 510 g/mol. The van der Waals surface area contributed by atoms with Gasteiger partial charge in [0, 0.05) is 6.42 Å². The van der Waals surface area contributed by atoms with Gasteiger partial charge in [-0.05, 0) is 25.3 Å². The largest absolute Gasteiger partial charge is 0.391 e. The minimum absolute atomic E-state index is 0.0740. The van der Waals surface area contributed by atoms with E-state index >= 15 is 0 Å². The third kappa shape index (κ3) is 11.1. The summed E-state index contributed by atoms with van der Waals surface area (Å²) in [5.74, 6) is -5.23. The van der Waals surface area contributed by atoms with Gasteiger partial charge in [-0.25, -0.2) is 0 Å². The van der Waals surface area contributed by atoms with Gasteiger partial charge in [-0.3, -0.25) is 28.8 Å². The molecule has 6 atom stereocenters. The molecular formula is C25H39N7O7. The van der Waals surface area contributed by atoms with Crippen LogP contribution in [0.25, 0.3) is 0 Å². The number of hydrogen-bond donors (Lipinski definition) is 8. The predicted molar refractivity (Wildman–Crippen MR) is 141 cm³/mol. The minimum Gasteiger partial charge on any atom is -0.391 e. The Morgan fingerprint density at radius 2 is 1.33 bits per heavy atom. The quantitative estimate of drug-likeness (QED) is 0.111. The second-order valence-corrected chi connectivity index (χ2v) is 9.61. The Morgan fingerprint density at radius 1 is 0.769 bits per heavy atom. The minimum atomic E-state index is -1.36. The molecule has 0 heterocycles. The number of hydrogen-bond acceptors (Lipinski definition) is 8. The van der Waals surface area contributed by atoms with Crippen LogP contribution >= 0.6 is 0 Å². The van der Waals surface area contributed by atoms with Crippen LogP contribution in [-0.2, 0) is 35.2 Å². The van der Waals surface area contributed by atoms with Crippen LogP contribution < -0.4 is 38.5 Å². The Morgan fingerprint density at radius 3 is 1.82 bits per heavy atom. The summed E-state index contributed by atoms with van der Waals surface area (Å²) >= 11 is 0. The van der Waals surface area contributed by atoms with Gasteiger partial charge in [0.1, 0.15) is 30.2 Å². The Hall–Kier alpha value is -4.04. The SMILES string of the molecule is CC(C)[C@H](NC(=O)[C@H](Cc1ccccc1)NC(=O)[C@@H](N)[C@@H](C)O)C(=O)N[C@@H](C)C(=O)N[C@@H](CC(N)=O)C(N)=O. The number of primary amides is 2. The van der Waals surface area contributed by atoms with Crippen molar-refractivity contribution in [3.63, 3.8) is 0 Å². The molecule has 14 heteroatoms. The molecule has 0 spiro atoms. The number of nitrogens with one attached hydrogen (secondary N) is 4. The van der Waals surface area contributed by atoms with Crippen molar-refractivity contribution in [2.24, 2.45) is 23.1 Å². The average molecular weight is 550 g/mol. The van der Waals surface area contributed by atoms with Crippen LogP contribution in [0.3, 0.4) is 0 Å². The van der Waals surface area contributed by atoms with E-state index in [1.807, 2.05) is 0 Å². The first-order chi connectivity index (χ1) is 18.1. The zero-order valence-electron chi connectivity index (χ0n) is 22.5. The fraction of sp³-hybridized carbons (Fsp3) is 0.520. The molecule has 39 heavy (non-hydrogen) atoms. The molecule has 0 saturated heterocycles. The van der Waals surface area contributed by atoms with E-state index < -0.39 is 84.1 Å². The summed E-state index contributed by atoms with van der Waals surface area (Å²) < 4.78 is 0. The molecule has 0 aromatic heterocycles. The van der Waals surface area contributed by atoms with Gasteiger partial charge in [-0.1, -0.05) is 44.2 Å². The number of aliphatic hydroxyl groups is 1. The number of aliphatic hydroxyl groups excluding tert-OH is 1. The first-order valence-corrected chi connectivity index (χ1v) is 12.4. The lowest BCUT2D eigenvalue weighted by molar-refractivity contribution is -0.135. The zero-order chi connectivity index (χ0) is 29.9. The first-order valence-electron chi connectivity index (χ1n) is 12.4. The summed E-state index contributed by atoms with van der Waals surface area (Å²) in [6, 6.07) is 2.76. The van der Waals surface area contributed by atoms with E-state index in [9.17, 15) is 33.9 Å². The number of benzene rings is 1. The molecule has 0 aliphatic heterocycles. The predicted octanol–water partition coefficient (Wildman–Crippen LogP) is -3.09. The van der Waals surface area contributed by atoms with Crippen molar-refractivity contribution in [3.8, 4) is 0 Å². The molecule has 0 fully saturated rings. The molecule has 0 bridgehead atoms. The van der Waals surface area contributed by atoms with Crippen molar-refractivity contribution in [2.75, 3.05) is 0 Å². The van der Waals surface area contributed by atoms with Gasteiger partial charge >= 0.3 is 0 Å². The lowest BCUT2D eigenvalue weighted by Gasteiger charge is -2.27. The highest BCUT2D eigenvalue weighted by atomic mass is 16.3. The second kappa shape index (κ2) is 15.4. The molecule has 1 aromatic carbocycles. The van der Waals surface area contributed by atoms with E-state index in [4.69, 9.17) is 17.2 Å². The van der Waals surface area contributed by atoms with Crippen LogP contribution in [0.1, 0.15) is 39.7 Å². The van der Waals surface area contributed by atoms with Crippen molar-refractivity contribution < 1.29 is 33.9 Å². The zero-order valence-corrected chi connectivity index (χ0v) is 22.5. The van der Waals surface area contributed by atoms with E-state index in [0.29, 0.717) is 0 Å². The highest BCUT2D eigenvalue weighted by molar-refractivity contribution is 5.96. The molecule has 216 valence electrons. The van der Waals surface area contributed by atoms with Crippen molar-refractivity contribution in [2.45, 2.75) is 76.8 Å². The Bertz CT molecular complexity index is 1030. The van der Waals surface area contributed by atoms with E-state index in [-0.39, 0.29) is 6.42 Å². The van der Waals surface area contributed by atoms with E-state index in [1.165, 1.54) is 13.8 Å². The molecule has 0 aliphatic carbocycles. The van der Waals surface area contributed by atoms with Crippen LogP contribution in [0, 0.1) is 5.92 Å². The summed E-state index contributed by atoms with van der Waals surface area (Å²) in [7, 11) is 0. The van der Waals surface area contributed by atoms with Crippen molar-refractivity contribution in [3.05, 3.63) is 35.9 Å². The maximum Gasteiger partial charge on any atom is 0.243 e. The van der Waals surface area contributed by atoms with Crippen molar-refractivity contribution in [1.29, 1.82) is 0 Å². The average Bonchev–Trinajstić information content (AvgIpc) is 2.85. The van der Waals surface area contributed by atoms with Crippen LogP contribution in [0.15, 0.2) is 30.3 Å². The fourth-order valence-electron chi connectivity index (χ4n) is 3.42. The number of nitrogens with two attached hydrogens (primary N) is 3. The normalized spacial score (nSPS) is 15.6. The van der Waals surface area contributed by atoms with Crippen molar-refractivity contribution in [1.82, 2.24) is 21.3 Å². The number of rotatable bonds is 15. The molecule has 1 rings (SSSR count). The molecule has 1 aromatic rings. The first kappa shape index (κ1) is 33.0. The number of carbonyl (C=O) groups excluding carboxylic acids is 6. The lowest BCUT2D eigenvalue weighted by Crippen LogP contribution is -2.60. The topological polar surface area (TPSA) is 249 Å². The molecule has 11 N–H and O–H groups in total. The highest BCUT2D eigenvalue weighted by Crippen LogP contribution is 2.08. The lowest BCUT2D eigenvalue weighted by atomic mass is 10.00. The maximum absolute atomic E-state index is 13.3. The van der Waals surface area contributed by atoms with Crippen LogP contribution in [0.5, 0.6) is 0 Å². The van der Waals surface area contributed by atoms with Gasteiger partial charge in [0.25, 0.3) is 0 Å². The molecule has 0 radical (unpaired) electrons. The summed E-state index contributed by atoms with van der Waals surface area (Å²) in [6.07, 6.45) is -1.60. The van der Waals surface area contributed by atoms with Gasteiger partial charge in [0.15, 0.2) is 0 Å². The van der Waals surface area contributed by atoms with E-state index in [2.05, 4.69) is 21.3 Å². The fourth-order valence-corrected chi connectivity index (χ4v) is 3.42. The Balaban J connectivity index is 3.01. The van der Waals surface area contributed by atoms with Gasteiger partial charge in [0.05, 0.1) is 12.5 Å². The number of carbonyl (C=O) groups is 6. The van der Waals surface area contributed by atoms with Gasteiger partial charge in [-0.15, -0.1) is 0 Å². The summed E-state index contributed by atoms with van der Waals surface area (Å²) in [6.45, 7) is 6.01. The summed E-state index contributed by atoms with van der Waals surface area (Å²) in [5, 5.41) is 19.5. The van der Waals surface area contributed by atoms with Crippen molar-refractivity contribution >= 4 is 35.4 Å². The van der Waals surface area contributed by atoms with Gasteiger partial charge < -0.3 is 43.6 Å². The Labute approximate surface area is 226 Å². The molecule has 0 saturated carbocycles. The molecule has 14 nitrogen and oxygen atoms in total. The van der Waals surface area contributed by atoms with Gasteiger partial charge in [-0.2, -0.15) is 0 Å². The van der Waals surface area contributed by atoms with Crippen LogP contribution in [0.4, 0.5) is 0 Å². The second-order valence-electron chi connectivity index (χ2n) is 9.61. The summed E-state index contributed by atoms with van der Waals surface area (Å²) in [4.78, 5) is 73.9. The standard InChI is InChI=1S/C25H39N7O7/c1-12(2)20(25(39)29-13(3)22(36)30-16(21(28)35)11-18(26)34)32-23(37)17(10-15-8-6-5-7-9-15)31-24(38)19(27)14(4)33/h5-9,12-14,16-17,19-20,33H,10-11,27H2,1-4H3,(H2,26,34)(H2,28,35)(H,29,39)(H,30,36)(H,31,38)(H,32,37)/t13-,14+,16-,17-,19-,20-/m0/s1. The maximum atomic E-state index is 13.3. The molecule has 0 unspecified atom stereocenters. The van der Waals surface area contributed by atoms with Crippen LogP contribution in [-0.4, -0.2) is 76.9 Å². The van der Waals surface area contributed by atoms with E-state index in [1.54, 1.807) is 44.2 Å². The highest BCUT2D eigenvalue weighted by Gasteiger charge is 2.32. The Kier molecular flexibility index (Phi) is 13.0. The summed E-state index contributed by atoms with van der Waals surface area (Å²) in [5.41, 5.74) is 16.7. The monoisotopic (exact) mass is 549 g/mol. The van der Waals surface area contributed by atoms with Crippen LogP contribution in [0.2, 0.25) is 0 Å². The molecule has 6 amide bonds. The smallest absolute Gasteiger partial charge is 0.243 e. The third-order valence-electron chi connectivity index (χ3n) is 5.80. The van der Waals surface area contributed by atoms with Gasteiger partial charge in [0.2, 0.25) is 35.4 Å². The third-order valence-corrected chi connectivity index (χ3v) is 5.80. The molecule has 0 aliphatic rings. The van der Waals surface area contributed by atoms with E-state index in [0.717, 1.165) is 5.56 Å². The number of amides is 6.